The standard InChI is InChI=1S/C26H45N3O7/c1-2-3-4-5-6-7-8-9-10-11-12-13-14-15-17-27-26(34)36-23-22(32)20(19-30)35-24(23)29-18-16-21(31)28-25(29)33/h16,18,20,22-24,30,32H,2-15,17,19H2,1H3,(H,27,34)(H,28,31,33). The highest BCUT2D eigenvalue weighted by Gasteiger charge is 2.47. The van der Waals surface area contributed by atoms with Gasteiger partial charge in [-0.3, -0.25) is 14.3 Å². The second-order valence-corrected chi connectivity index (χ2v) is 9.65. The van der Waals surface area contributed by atoms with Crippen molar-refractivity contribution >= 4 is 6.09 Å². The number of aliphatic hydroxyl groups is 2. The van der Waals surface area contributed by atoms with Gasteiger partial charge in [-0.1, -0.05) is 90.4 Å². The lowest BCUT2D eigenvalue weighted by atomic mass is 10.0. The molecular weight excluding hydrogens is 466 g/mol. The topological polar surface area (TPSA) is 143 Å². The maximum absolute atomic E-state index is 12.3. The van der Waals surface area contributed by atoms with Gasteiger partial charge < -0.3 is 25.0 Å². The summed E-state index contributed by atoms with van der Waals surface area (Å²) in [6.07, 6.45) is 13.2. The molecule has 0 radical (unpaired) electrons. The van der Waals surface area contributed by atoms with E-state index < -0.39 is 48.5 Å². The summed E-state index contributed by atoms with van der Waals surface area (Å²) >= 11 is 0. The first-order valence-corrected chi connectivity index (χ1v) is 13.7. The average molecular weight is 512 g/mol. The highest BCUT2D eigenvalue weighted by molar-refractivity contribution is 5.67. The largest absolute Gasteiger partial charge is 0.439 e. The number of H-pyrrole nitrogens is 1. The van der Waals surface area contributed by atoms with Gasteiger partial charge in [0.2, 0.25) is 0 Å². The maximum atomic E-state index is 12.3. The van der Waals surface area contributed by atoms with E-state index in [4.69, 9.17) is 9.47 Å². The molecule has 206 valence electrons. The van der Waals surface area contributed by atoms with Crippen LogP contribution in [0.5, 0.6) is 0 Å². The predicted octanol–water partition coefficient (Wildman–Crippen LogP) is 3.36. The smallest absolute Gasteiger partial charge is 0.407 e. The van der Waals surface area contributed by atoms with Crippen LogP contribution in [0.15, 0.2) is 21.9 Å². The number of amides is 1. The van der Waals surface area contributed by atoms with Crippen LogP contribution in [0.25, 0.3) is 0 Å². The molecule has 10 nitrogen and oxygen atoms in total. The number of carbonyl (C=O) groups is 1. The number of aromatic amines is 1. The minimum atomic E-state index is -1.33. The van der Waals surface area contributed by atoms with E-state index >= 15 is 0 Å². The van der Waals surface area contributed by atoms with Gasteiger partial charge >= 0.3 is 11.8 Å². The molecule has 4 atom stereocenters. The quantitative estimate of drug-likeness (QED) is 0.221. The van der Waals surface area contributed by atoms with E-state index in [2.05, 4.69) is 17.2 Å². The first-order chi connectivity index (χ1) is 17.5. The van der Waals surface area contributed by atoms with Gasteiger partial charge in [-0.15, -0.1) is 0 Å². The molecule has 1 aliphatic rings. The summed E-state index contributed by atoms with van der Waals surface area (Å²) < 4.78 is 11.9. The fourth-order valence-electron chi connectivity index (χ4n) is 4.52. The van der Waals surface area contributed by atoms with E-state index in [1.54, 1.807) is 0 Å². The first kappa shape index (κ1) is 30.1. The second kappa shape index (κ2) is 17.3. The molecule has 4 unspecified atom stereocenters. The molecule has 1 aliphatic heterocycles. The maximum Gasteiger partial charge on any atom is 0.407 e. The lowest BCUT2D eigenvalue weighted by Gasteiger charge is -2.22. The number of nitrogens with one attached hydrogen (secondary N) is 2. The second-order valence-electron chi connectivity index (χ2n) is 9.65. The van der Waals surface area contributed by atoms with Crippen molar-refractivity contribution in [2.45, 2.75) is 121 Å². The molecule has 4 N–H and O–H groups in total. The summed E-state index contributed by atoms with van der Waals surface area (Å²) in [7, 11) is 0. The molecule has 0 bridgehead atoms. The predicted molar refractivity (Wildman–Crippen MR) is 137 cm³/mol. The molecule has 1 aromatic rings. The highest BCUT2D eigenvalue weighted by Crippen LogP contribution is 2.30. The molecule has 0 aromatic carbocycles. The van der Waals surface area contributed by atoms with Crippen LogP contribution in [0.4, 0.5) is 4.79 Å². The summed E-state index contributed by atoms with van der Waals surface area (Å²) in [6.45, 7) is 2.17. The Bertz CT molecular complexity index is 856. The summed E-state index contributed by atoms with van der Waals surface area (Å²) in [6, 6.07) is 1.12. The number of aliphatic hydroxyl groups excluding tert-OH is 2. The van der Waals surface area contributed by atoms with E-state index in [-0.39, 0.29) is 0 Å². The van der Waals surface area contributed by atoms with Crippen molar-refractivity contribution < 1.29 is 24.5 Å². The van der Waals surface area contributed by atoms with Gasteiger partial charge in [0.15, 0.2) is 12.3 Å². The Balaban J connectivity index is 1.58. The lowest BCUT2D eigenvalue weighted by Crippen LogP contribution is -2.42. The molecular formula is C26H45N3O7. The molecule has 2 rings (SSSR count). The van der Waals surface area contributed by atoms with Gasteiger partial charge in [0.1, 0.15) is 12.2 Å². The Morgan fingerprint density at radius 2 is 1.56 bits per heavy atom. The van der Waals surface area contributed by atoms with Crippen LogP contribution in [-0.2, 0) is 9.47 Å². The number of hydrogen-bond donors (Lipinski definition) is 4. The average Bonchev–Trinajstić information content (AvgIpc) is 3.16. The Morgan fingerprint density at radius 3 is 2.08 bits per heavy atom. The molecule has 2 heterocycles. The van der Waals surface area contributed by atoms with Gasteiger partial charge in [-0.05, 0) is 6.42 Å². The van der Waals surface area contributed by atoms with Crippen molar-refractivity contribution in [2.75, 3.05) is 13.2 Å². The highest BCUT2D eigenvalue weighted by atomic mass is 16.6. The number of aromatic nitrogens is 2. The van der Waals surface area contributed by atoms with Gasteiger partial charge in [0.25, 0.3) is 5.56 Å². The van der Waals surface area contributed by atoms with E-state index in [1.807, 2.05) is 0 Å². The number of unbranched alkanes of at least 4 members (excludes halogenated alkanes) is 13. The molecule has 1 amide bonds. The zero-order valence-corrected chi connectivity index (χ0v) is 21.7. The monoisotopic (exact) mass is 511 g/mol. The van der Waals surface area contributed by atoms with Crippen LogP contribution in [0, 0.1) is 0 Å². The number of rotatable bonds is 18. The molecule has 0 spiro atoms. The van der Waals surface area contributed by atoms with Gasteiger partial charge in [-0.2, -0.15) is 0 Å². The van der Waals surface area contributed by atoms with Crippen LogP contribution in [0.3, 0.4) is 0 Å². The molecule has 0 aliphatic carbocycles. The van der Waals surface area contributed by atoms with Gasteiger partial charge in [0, 0.05) is 18.8 Å². The summed E-state index contributed by atoms with van der Waals surface area (Å²) in [4.78, 5) is 37.8. The molecule has 1 fully saturated rings. The fraction of sp³-hybridized carbons (Fsp3) is 0.808. The number of nitrogens with zero attached hydrogens (tertiary/aromatic N) is 1. The van der Waals surface area contributed by atoms with Crippen molar-refractivity contribution in [3.63, 3.8) is 0 Å². The summed E-state index contributed by atoms with van der Waals surface area (Å²) in [5.41, 5.74) is -1.36. The molecule has 36 heavy (non-hydrogen) atoms. The number of alkyl carbamates (subject to hydrolysis) is 1. The fourth-order valence-corrected chi connectivity index (χ4v) is 4.52. The van der Waals surface area contributed by atoms with E-state index in [1.165, 1.54) is 76.8 Å². The number of hydrogen-bond acceptors (Lipinski definition) is 7. The van der Waals surface area contributed by atoms with Crippen molar-refractivity contribution in [1.29, 1.82) is 0 Å². The van der Waals surface area contributed by atoms with Crippen LogP contribution in [-0.4, -0.2) is 57.3 Å². The lowest BCUT2D eigenvalue weighted by molar-refractivity contribution is -0.0569. The normalized spacial score (nSPS) is 21.5. The molecule has 10 heteroatoms. The Morgan fingerprint density at radius 1 is 1.00 bits per heavy atom. The minimum Gasteiger partial charge on any atom is -0.439 e. The van der Waals surface area contributed by atoms with Gasteiger partial charge in [-0.25, -0.2) is 9.59 Å². The van der Waals surface area contributed by atoms with Crippen LogP contribution >= 0.6 is 0 Å². The van der Waals surface area contributed by atoms with Crippen LogP contribution < -0.4 is 16.6 Å². The zero-order chi connectivity index (χ0) is 26.2. The van der Waals surface area contributed by atoms with E-state index in [0.717, 1.165) is 29.9 Å². The SMILES string of the molecule is CCCCCCCCCCCCCCCCNC(=O)OC1C(O)C(CO)OC1n1ccc(=O)[nH]c1=O. The van der Waals surface area contributed by atoms with Crippen LogP contribution in [0.2, 0.25) is 0 Å². The van der Waals surface area contributed by atoms with E-state index in [9.17, 15) is 24.6 Å². The van der Waals surface area contributed by atoms with E-state index in [0.29, 0.717) is 6.54 Å². The Hall–Kier alpha value is -2.17. The van der Waals surface area contributed by atoms with Crippen molar-refractivity contribution in [3.05, 3.63) is 33.1 Å². The van der Waals surface area contributed by atoms with Crippen molar-refractivity contribution in [3.8, 4) is 0 Å². The number of carbonyl (C=O) groups excluding carboxylic acids is 1. The Kier molecular flexibility index (Phi) is 14.5. The van der Waals surface area contributed by atoms with Crippen molar-refractivity contribution in [1.82, 2.24) is 14.9 Å². The number of ether oxygens (including phenoxy) is 2. The summed E-state index contributed by atoms with van der Waals surface area (Å²) in [5.74, 6) is 0. The van der Waals surface area contributed by atoms with Crippen molar-refractivity contribution in [2.24, 2.45) is 0 Å². The third-order valence-electron chi connectivity index (χ3n) is 6.66. The Labute approximate surface area is 213 Å². The molecule has 1 saturated heterocycles. The molecule has 0 saturated carbocycles. The molecule has 1 aromatic heterocycles. The zero-order valence-electron chi connectivity index (χ0n) is 21.7. The third-order valence-corrected chi connectivity index (χ3v) is 6.66. The minimum absolute atomic E-state index is 0.438. The van der Waals surface area contributed by atoms with Gasteiger partial charge in [0.05, 0.1) is 6.61 Å². The summed E-state index contributed by atoms with van der Waals surface area (Å²) in [5, 5.41) is 22.5. The first-order valence-electron chi connectivity index (χ1n) is 13.7. The third kappa shape index (κ3) is 10.4. The van der Waals surface area contributed by atoms with Crippen LogP contribution in [0.1, 0.15) is 103 Å².